The van der Waals surface area contributed by atoms with E-state index < -0.39 is 10.0 Å². The second-order valence-electron chi connectivity index (χ2n) is 6.63. The number of benzene rings is 1. The Morgan fingerprint density at radius 3 is 2.60 bits per heavy atom. The van der Waals surface area contributed by atoms with E-state index in [0.717, 1.165) is 0 Å². The van der Waals surface area contributed by atoms with Crippen molar-refractivity contribution < 1.29 is 17.9 Å². The molecule has 1 fully saturated rings. The van der Waals surface area contributed by atoms with Crippen molar-refractivity contribution in [3.63, 3.8) is 0 Å². The highest BCUT2D eigenvalue weighted by Gasteiger charge is 2.32. The van der Waals surface area contributed by atoms with E-state index in [1.54, 1.807) is 12.1 Å². The van der Waals surface area contributed by atoms with Gasteiger partial charge in [0.05, 0.1) is 17.1 Å². The molecule has 3 N–H and O–H groups in total. The third-order valence-electron chi connectivity index (χ3n) is 4.01. The third kappa shape index (κ3) is 5.24. The quantitative estimate of drug-likeness (QED) is 0.777. The van der Waals surface area contributed by atoms with Crippen LogP contribution in [0.1, 0.15) is 37.6 Å². The van der Waals surface area contributed by atoms with Gasteiger partial charge in [-0.15, -0.1) is 0 Å². The van der Waals surface area contributed by atoms with Crippen LogP contribution >= 0.6 is 0 Å². The van der Waals surface area contributed by atoms with Gasteiger partial charge in [-0.1, -0.05) is 6.07 Å². The van der Waals surface area contributed by atoms with Crippen LogP contribution in [0.15, 0.2) is 29.2 Å². The summed E-state index contributed by atoms with van der Waals surface area (Å²) in [5.74, 6) is -0.304. The minimum absolute atomic E-state index is 0.00249. The molecule has 1 aliphatic heterocycles. The van der Waals surface area contributed by atoms with Crippen LogP contribution in [0.4, 0.5) is 0 Å². The summed E-state index contributed by atoms with van der Waals surface area (Å²) in [4.78, 5) is 12.3. The number of carbonyl (C=O) groups excluding carboxylic acids is 1. The Balaban J connectivity index is 2.15. The van der Waals surface area contributed by atoms with Crippen molar-refractivity contribution in [2.45, 2.75) is 50.3 Å². The maximum Gasteiger partial charge on any atom is 0.251 e. The van der Waals surface area contributed by atoms with Gasteiger partial charge in [0, 0.05) is 31.2 Å². The number of nitrogens with two attached hydrogens (primary N) is 1. The molecular formula is C17H27N3O4S. The maximum atomic E-state index is 12.9. The van der Waals surface area contributed by atoms with Gasteiger partial charge in [0.25, 0.3) is 5.91 Å². The smallest absolute Gasteiger partial charge is 0.251 e. The molecule has 8 heteroatoms. The van der Waals surface area contributed by atoms with Crippen LogP contribution in [-0.2, 0) is 14.8 Å². The summed E-state index contributed by atoms with van der Waals surface area (Å²) in [5, 5.41) is 2.76. The lowest BCUT2D eigenvalue weighted by Gasteiger charge is -2.34. The van der Waals surface area contributed by atoms with Gasteiger partial charge < -0.3 is 15.8 Å². The van der Waals surface area contributed by atoms with Crippen LogP contribution in [0.25, 0.3) is 0 Å². The summed E-state index contributed by atoms with van der Waals surface area (Å²) in [5.41, 5.74) is 5.98. The number of rotatable bonds is 6. The molecule has 1 aromatic carbocycles. The summed E-state index contributed by atoms with van der Waals surface area (Å²) < 4.78 is 32.8. The predicted molar refractivity (Wildman–Crippen MR) is 95.8 cm³/mol. The highest BCUT2D eigenvalue weighted by Crippen LogP contribution is 2.21. The molecule has 7 nitrogen and oxygen atoms in total. The number of ether oxygens (including phenoxy) is 1. The number of hydrogen-bond acceptors (Lipinski definition) is 5. The van der Waals surface area contributed by atoms with Gasteiger partial charge in [-0.3, -0.25) is 4.79 Å². The fourth-order valence-corrected chi connectivity index (χ4v) is 4.43. The summed E-state index contributed by atoms with van der Waals surface area (Å²) in [6, 6.07) is 6.11. The van der Waals surface area contributed by atoms with Crippen molar-refractivity contribution in [2.75, 3.05) is 19.6 Å². The van der Waals surface area contributed by atoms with Crippen molar-refractivity contribution in [2.24, 2.45) is 5.73 Å². The van der Waals surface area contributed by atoms with E-state index in [4.69, 9.17) is 10.5 Å². The van der Waals surface area contributed by atoms with E-state index in [-0.39, 0.29) is 29.1 Å². The van der Waals surface area contributed by atoms with Crippen LogP contribution in [0.3, 0.4) is 0 Å². The molecule has 1 heterocycles. The molecule has 0 radical (unpaired) electrons. The molecule has 0 saturated carbocycles. The van der Waals surface area contributed by atoms with Gasteiger partial charge in [0.15, 0.2) is 0 Å². The van der Waals surface area contributed by atoms with Crippen molar-refractivity contribution in [3.8, 4) is 0 Å². The second-order valence-corrected chi connectivity index (χ2v) is 8.57. The topological polar surface area (TPSA) is 102 Å². The zero-order chi connectivity index (χ0) is 18.6. The Hall–Kier alpha value is -1.48. The molecule has 3 atom stereocenters. The molecule has 1 aromatic rings. The molecule has 3 unspecified atom stereocenters. The molecule has 0 aromatic heterocycles. The normalized spacial score (nSPS) is 23.2. The van der Waals surface area contributed by atoms with Gasteiger partial charge in [-0.25, -0.2) is 8.42 Å². The predicted octanol–water partition coefficient (Wildman–Crippen LogP) is 0.952. The molecule has 1 aliphatic rings. The first-order valence-electron chi connectivity index (χ1n) is 8.49. The van der Waals surface area contributed by atoms with E-state index in [0.29, 0.717) is 31.6 Å². The molecule has 2 rings (SSSR count). The first kappa shape index (κ1) is 19.8. The summed E-state index contributed by atoms with van der Waals surface area (Å²) in [7, 11) is -3.66. The Bertz CT molecular complexity index is 696. The summed E-state index contributed by atoms with van der Waals surface area (Å²) in [6.45, 7) is 6.62. The van der Waals surface area contributed by atoms with E-state index >= 15 is 0 Å². The average molecular weight is 369 g/mol. The zero-order valence-corrected chi connectivity index (χ0v) is 15.8. The van der Waals surface area contributed by atoms with Crippen LogP contribution in [0.2, 0.25) is 0 Å². The van der Waals surface area contributed by atoms with Crippen LogP contribution < -0.4 is 11.1 Å². The highest BCUT2D eigenvalue weighted by molar-refractivity contribution is 7.89. The fourth-order valence-electron chi connectivity index (χ4n) is 2.79. The molecule has 1 amide bonds. The Labute approximate surface area is 149 Å². The number of nitrogens with zero attached hydrogens (tertiary/aromatic N) is 1. The highest BCUT2D eigenvalue weighted by atomic mass is 32.2. The van der Waals surface area contributed by atoms with E-state index in [2.05, 4.69) is 5.32 Å². The molecule has 25 heavy (non-hydrogen) atoms. The lowest BCUT2D eigenvalue weighted by molar-refractivity contribution is -0.0440. The minimum Gasteiger partial charge on any atom is -0.373 e. The van der Waals surface area contributed by atoms with Gasteiger partial charge in [-0.2, -0.15) is 4.31 Å². The van der Waals surface area contributed by atoms with Crippen LogP contribution in [0, 0.1) is 0 Å². The average Bonchev–Trinajstić information content (AvgIpc) is 2.53. The number of amides is 1. The minimum atomic E-state index is -3.66. The molecule has 0 aliphatic carbocycles. The number of morpholine rings is 1. The van der Waals surface area contributed by atoms with Gasteiger partial charge in [-0.05, 0) is 45.4 Å². The number of carbonyl (C=O) groups is 1. The van der Waals surface area contributed by atoms with Crippen molar-refractivity contribution in [3.05, 3.63) is 29.8 Å². The van der Waals surface area contributed by atoms with Gasteiger partial charge in [0.2, 0.25) is 10.0 Å². The first-order valence-corrected chi connectivity index (χ1v) is 9.93. The fraction of sp³-hybridized carbons (Fsp3) is 0.588. The Morgan fingerprint density at radius 2 is 2.00 bits per heavy atom. The lowest BCUT2D eigenvalue weighted by Crippen LogP contribution is -2.48. The number of sulfonamides is 1. The Kier molecular flexibility index (Phi) is 6.56. The zero-order valence-electron chi connectivity index (χ0n) is 14.9. The largest absolute Gasteiger partial charge is 0.373 e. The third-order valence-corrected chi connectivity index (χ3v) is 5.83. The first-order chi connectivity index (χ1) is 11.7. The van der Waals surface area contributed by atoms with Crippen molar-refractivity contribution in [1.29, 1.82) is 0 Å². The Morgan fingerprint density at radius 1 is 1.36 bits per heavy atom. The van der Waals surface area contributed by atoms with Crippen molar-refractivity contribution >= 4 is 15.9 Å². The van der Waals surface area contributed by atoms with Gasteiger partial charge in [0.1, 0.15) is 0 Å². The van der Waals surface area contributed by atoms with E-state index in [1.165, 1.54) is 16.4 Å². The molecule has 1 saturated heterocycles. The van der Waals surface area contributed by atoms with E-state index in [9.17, 15) is 13.2 Å². The van der Waals surface area contributed by atoms with Crippen molar-refractivity contribution in [1.82, 2.24) is 9.62 Å². The molecular weight excluding hydrogens is 342 g/mol. The molecule has 140 valence electrons. The maximum absolute atomic E-state index is 12.9. The standard InChI is InChI=1S/C17H27N3O4S/c1-12(18)7-8-19-17(21)15-5-4-6-16(9-15)25(22,23)20-10-13(2)24-14(3)11-20/h4-6,9,12-14H,7-8,10-11,18H2,1-3H3,(H,19,21). The van der Waals surface area contributed by atoms with E-state index in [1.807, 2.05) is 20.8 Å². The number of hydrogen-bond donors (Lipinski definition) is 2. The SMILES string of the molecule is CC(N)CCNC(=O)c1cccc(S(=O)(=O)N2CC(C)OC(C)C2)c1. The molecule has 0 spiro atoms. The number of nitrogens with one attached hydrogen (secondary N) is 1. The van der Waals surface area contributed by atoms with Gasteiger partial charge >= 0.3 is 0 Å². The van der Waals surface area contributed by atoms with Crippen LogP contribution in [0.5, 0.6) is 0 Å². The summed E-state index contributed by atoms with van der Waals surface area (Å²) >= 11 is 0. The lowest BCUT2D eigenvalue weighted by atomic mass is 10.2. The van der Waals surface area contributed by atoms with Crippen LogP contribution in [-0.4, -0.2) is 56.5 Å². The molecule has 0 bridgehead atoms. The summed E-state index contributed by atoms with van der Waals surface area (Å²) in [6.07, 6.45) is 0.333. The monoisotopic (exact) mass is 369 g/mol. The second kappa shape index (κ2) is 8.27.